The molecule has 0 spiro atoms. The van der Waals surface area contributed by atoms with Crippen molar-refractivity contribution in [3.05, 3.63) is 71.6 Å². The number of hydrogen-bond acceptors (Lipinski definition) is 7. The summed E-state index contributed by atoms with van der Waals surface area (Å²) in [5, 5.41) is 16.8. The number of carbonyl (C=O) groups excluding carboxylic acids is 1. The number of rotatable bonds is 7. The minimum absolute atomic E-state index is 0.0438. The molecule has 10 nitrogen and oxygen atoms in total. The summed E-state index contributed by atoms with van der Waals surface area (Å²) in [7, 11) is 1.42. The van der Waals surface area contributed by atoms with E-state index in [2.05, 4.69) is 15.4 Å². The van der Waals surface area contributed by atoms with Crippen LogP contribution in [0.5, 0.6) is 5.75 Å². The van der Waals surface area contributed by atoms with E-state index < -0.39 is 23.1 Å². The zero-order valence-corrected chi connectivity index (χ0v) is 21.6. The lowest BCUT2D eigenvalue weighted by Crippen LogP contribution is -2.32. The number of nitrogens with two attached hydrogens (primary N) is 1. The van der Waals surface area contributed by atoms with Gasteiger partial charge in [-0.1, -0.05) is 24.3 Å². The van der Waals surface area contributed by atoms with Gasteiger partial charge in [-0.15, -0.1) is 0 Å². The Morgan fingerprint density at radius 1 is 1.21 bits per heavy atom. The fourth-order valence-electron chi connectivity index (χ4n) is 5.09. The molecule has 0 aliphatic heterocycles. The fraction of sp³-hybridized carbons (Fsp3) is 0.321. The van der Waals surface area contributed by atoms with Crippen LogP contribution in [0.3, 0.4) is 0 Å². The summed E-state index contributed by atoms with van der Waals surface area (Å²) in [6.45, 7) is 2.02. The summed E-state index contributed by atoms with van der Waals surface area (Å²) in [6, 6.07) is 11.3. The number of anilines is 1. The average molecular weight is 533 g/mol. The monoisotopic (exact) mass is 532 g/mol. The first kappa shape index (κ1) is 26.1. The van der Waals surface area contributed by atoms with E-state index in [1.807, 2.05) is 24.3 Å². The van der Waals surface area contributed by atoms with Gasteiger partial charge in [-0.25, -0.2) is 18.9 Å². The van der Waals surface area contributed by atoms with Crippen LogP contribution >= 0.6 is 0 Å². The van der Waals surface area contributed by atoms with Gasteiger partial charge in [-0.2, -0.15) is 5.10 Å². The summed E-state index contributed by atoms with van der Waals surface area (Å²) >= 11 is 0. The van der Waals surface area contributed by atoms with Gasteiger partial charge in [0.2, 0.25) is 0 Å². The molecule has 4 aromatic rings. The molecule has 4 N–H and O–H groups in total. The molecular weight excluding hydrogens is 503 g/mol. The lowest BCUT2D eigenvalue weighted by atomic mass is 9.71. The number of carbonyl (C=O) groups is 2. The minimum Gasteiger partial charge on any atom is -0.496 e. The number of nitrogen functional groups attached to an aromatic ring is 1. The number of imidazole rings is 1. The molecule has 0 unspecified atom stereocenters. The third-order valence-corrected chi connectivity index (χ3v) is 7.54. The van der Waals surface area contributed by atoms with E-state index in [1.54, 1.807) is 11.4 Å². The third kappa shape index (κ3) is 4.99. The first-order valence-electron chi connectivity index (χ1n) is 12.6. The second kappa shape index (κ2) is 10.3. The molecule has 1 amide bonds. The maximum absolute atomic E-state index is 13.7. The van der Waals surface area contributed by atoms with Crippen molar-refractivity contribution in [3.8, 4) is 17.0 Å². The van der Waals surface area contributed by atoms with E-state index in [0.717, 1.165) is 23.0 Å². The van der Waals surface area contributed by atoms with E-state index in [4.69, 9.17) is 15.5 Å². The van der Waals surface area contributed by atoms with Crippen LogP contribution in [-0.4, -0.2) is 43.7 Å². The van der Waals surface area contributed by atoms with Crippen molar-refractivity contribution in [2.75, 3.05) is 12.8 Å². The quantitative estimate of drug-likeness (QED) is 0.321. The summed E-state index contributed by atoms with van der Waals surface area (Å²) in [6.07, 6.45) is 3.86. The highest BCUT2D eigenvalue weighted by Gasteiger charge is 2.39. The van der Waals surface area contributed by atoms with E-state index in [0.29, 0.717) is 42.7 Å². The molecule has 1 aliphatic carbocycles. The number of halogens is 1. The summed E-state index contributed by atoms with van der Waals surface area (Å²) < 4.78 is 20.5. The van der Waals surface area contributed by atoms with E-state index in [1.165, 1.54) is 25.6 Å². The summed E-state index contributed by atoms with van der Waals surface area (Å²) in [5.41, 5.74) is 8.49. The van der Waals surface area contributed by atoms with Crippen LogP contribution in [0.15, 0.2) is 48.8 Å². The number of nitrogens with zero attached hydrogens (tertiary/aromatic N) is 4. The Balaban J connectivity index is 1.37. The smallest absolute Gasteiger partial charge is 0.309 e. The molecule has 0 atom stereocenters. The van der Waals surface area contributed by atoms with Crippen molar-refractivity contribution < 1.29 is 23.8 Å². The standard InChI is InChI=1S/C28H29FN6O4/c1-28(27(37)38)11-9-18(10-12-28)25-34-22(23-24(30)32-15-33-35(23)25)17-5-3-16(4-6-17)14-31-26(36)20-13-19(29)7-8-21(20)39-2/h3-8,13,15,18H,9-12,14H2,1-2H3,(H,31,36)(H,37,38)(H2,30,32,33). The molecule has 1 aliphatic rings. The summed E-state index contributed by atoms with van der Waals surface area (Å²) in [4.78, 5) is 33.4. The minimum atomic E-state index is -0.771. The van der Waals surface area contributed by atoms with Gasteiger partial charge in [-0.3, -0.25) is 9.59 Å². The Bertz CT molecular complexity index is 1540. The Morgan fingerprint density at radius 3 is 2.59 bits per heavy atom. The van der Waals surface area contributed by atoms with E-state index in [-0.39, 0.29) is 23.8 Å². The van der Waals surface area contributed by atoms with Crippen molar-refractivity contribution >= 4 is 23.2 Å². The summed E-state index contributed by atoms with van der Waals surface area (Å²) in [5.74, 6) is -0.375. The largest absolute Gasteiger partial charge is 0.496 e. The zero-order valence-electron chi connectivity index (χ0n) is 21.6. The van der Waals surface area contributed by atoms with Crippen molar-refractivity contribution in [1.29, 1.82) is 0 Å². The van der Waals surface area contributed by atoms with E-state index >= 15 is 0 Å². The molecule has 1 saturated carbocycles. The maximum Gasteiger partial charge on any atom is 0.309 e. The van der Waals surface area contributed by atoms with Gasteiger partial charge < -0.3 is 20.9 Å². The highest BCUT2D eigenvalue weighted by atomic mass is 19.1. The molecule has 39 heavy (non-hydrogen) atoms. The number of fused-ring (bicyclic) bond motifs is 1. The number of ether oxygens (including phenoxy) is 1. The van der Waals surface area contributed by atoms with Gasteiger partial charge in [0.05, 0.1) is 18.1 Å². The van der Waals surface area contributed by atoms with E-state index in [9.17, 15) is 19.1 Å². The highest BCUT2D eigenvalue weighted by Crippen LogP contribution is 2.43. The first-order chi connectivity index (χ1) is 18.7. The molecule has 5 rings (SSSR count). The van der Waals surface area contributed by atoms with Crippen molar-refractivity contribution in [2.24, 2.45) is 5.41 Å². The van der Waals surface area contributed by atoms with Crippen LogP contribution in [0.2, 0.25) is 0 Å². The van der Waals surface area contributed by atoms with Crippen molar-refractivity contribution in [1.82, 2.24) is 24.9 Å². The molecule has 2 aromatic heterocycles. The number of nitrogens with one attached hydrogen (secondary N) is 1. The van der Waals surface area contributed by atoms with Crippen molar-refractivity contribution in [3.63, 3.8) is 0 Å². The number of carboxylic acid groups (broad SMARTS) is 1. The van der Waals surface area contributed by atoms with Crippen LogP contribution in [0.25, 0.3) is 16.8 Å². The van der Waals surface area contributed by atoms with Crippen LogP contribution < -0.4 is 15.8 Å². The van der Waals surface area contributed by atoms with Crippen LogP contribution in [0.4, 0.5) is 10.2 Å². The molecule has 2 heterocycles. The Labute approximate surface area is 224 Å². The lowest BCUT2D eigenvalue weighted by Gasteiger charge is -2.33. The van der Waals surface area contributed by atoms with Crippen LogP contribution in [-0.2, 0) is 11.3 Å². The lowest BCUT2D eigenvalue weighted by molar-refractivity contribution is -0.150. The number of hydrogen-bond donors (Lipinski definition) is 3. The number of aliphatic carboxylic acids is 1. The first-order valence-corrected chi connectivity index (χ1v) is 12.6. The molecule has 1 fully saturated rings. The van der Waals surface area contributed by atoms with Gasteiger partial charge in [0.1, 0.15) is 34.9 Å². The van der Waals surface area contributed by atoms with Gasteiger partial charge in [-0.05, 0) is 56.4 Å². The predicted molar refractivity (Wildman–Crippen MR) is 142 cm³/mol. The topological polar surface area (TPSA) is 145 Å². The average Bonchev–Trinajstić information content (AvgIpc) is 3.33. The van der Waals surface area contributed by atoms with Crippen molar-refractivity contribution in [2.45, 2.75) is 45.1 Å². The molecule has 11 heteroatoms. The SMILES string of the molecule is COc1ccc(F)cc1C(=O)NCc1ccc(-c2nc(C3CCC(C)(C(=O)O)CC3)n3ncnc(N)c23)cc1. The second-order valence-corrected chi connectivity index (χ2v) is 10.1. The zero-order chi connectivity index (χ0) is 27.7. The number of methoxy groups -OCH3 is 1. The number of carboxylic acids is 1. The molecule has 0 bridgehead atoms. The number of amides is 1. The Hall–Kier alpha value is -4.54. The molecule has 202 valence electrons. The van der Waals surface area contributed by atoms with Gasteiger partial charge in [0, 0.05) is 18.0 Å². The van der Waals surface area contributed by atoms with Crippen LogP contribution in [0, 0.1) is 11.2 Å². The molecule has 0 radical (unpaired) electrons. The maximum atomic E-state index is 13.7. The van der Waals surface area contributed by atoms with Gasteiger partial charge in [0.25, 0.3) is 5.91 Å². The fourth-order valence-corrected chi connectivity index (χ4v) is 5.09. The number of aromatic nitrogens is 4. The van der Waals surface area contributed by atoms with Crippen LogP contribution in [0.1, 0.15) is 60.3 Å². The molecule has 2 aromatic carbocycles. The van der Waals surface area contributed by atoms with Gasteiger partial charge >= 0.3 is 5.97 Å². The third-order valence-electron chi connectivity index (χ3n) is 7.54. The Kier molecular flexibility index (Phi) is 6.90. The second-order valence-electron chi connectivity index (χ2n) is 10.1. The predicted octanol–water partition coefficient (Wildman–Crippen LogP) is 4.20. The molecular formula is C28H29FN6O4. The number of benzene rings is 2. The normalized spacial score (nSPS) is 19.1. The van der Waals surface area contributed by atoms with Gasteiger partial charge in [0.15, 0.2) is 5.82 Å². The molecule has 0 saturated heterocycles. The highest BCUT2D eigenvalue weighted by molar-refractivity contribution is 5.97. The Morgan fingerprint density at radius 2 is 1.92 bits per heavy atom.